The molecule has 268 valence electrons. The van der Waals surface area contributed by atoms with Crippen LogP contribution in [0.1, 0.15) is 0 Å². The Morgan fingerprint density at radius 3 is 1.47 bits per heavy atom. The van der Waals surface area contributed by atoms with E-state index in [2.05, 4.69) is 0 Å². The van der Waals surface area contributed by atoms with Crippen LogP contribution in [-0.4, -0.2) is 230 Å². The largest absolute Gasteiger partial charge is 0.394 e. The fraction of sp³-hybridized carbons (Fsp3) is 0.913. The Hall–Kier alpha value is -1.46. The van der Waals surface area contributed by atoms with Gasteiger partial charge in [-0.05, 0) is 0 Å². The molecule has 2 aliphatic rings. The van der Waals surface area contributed by atoms with Crippen molar-refractivity contribution in [2.75, 3.05) is 26.4 Å². The van der Waals surface area contributed by atoms with Crippen LogP contribution in [0.2, 0.25) is 0 Å². The molecule has 0 aromatic carbocycles. The monoisotopic (exact) mass is 672 g/mol. The van der Waals surface area contributed by atoms with E-state index in [1.54, 1.807) is 0 Å². The van der Waals surface area contributed by atoms with Gasteiger partial charge in [0.2, 0.25) is 0 Å². The second-order valence-electron chi connectivity index (χ2n) is 9.75. The van der Waals surface area contributed by atoms with Gasteiger partial charge in [0.25, 0.3) is 0 Å². The first-order chi connectivity index (χ1) is 21.0. The number of aliphatic hydroxyl groups excluding tert-OH is 17. The molecule has 45 heavy (non-hydrogen) atoms. The third-order valence-corrected chi connectivity index (χ3v) is 6.47. The first kappa shape index (κ1) is 43.5. The summed E-state index contributed by atoms with van der Waals surface area (Å²) in [6.45, 7) is -2.79. The van der Waals surface area contributed by atoms with E-state index in [0.29, 0.717) is 0 Å². The van der Waals surface area contributed by atoms with Crippen molar-refractivity contribution in [1.29, 1.82) is 0 Å². The number of carbonyl (C=O) groups excluding carboxylic acids is 2. The van der Waals surface area contributed by atoms with Crippen molar-refractivity contribution in [1.82, 2.24) is 0 Å². The average molecular weight is 673 g/mol. The molecule has 22 nitrogen and oxygen atoms in total. The number of hydrogen-bond acceptors (Lipinski definition) is 22. The summed E-state index contributed by atoms with van der Waals surface area (Å²) in [5, 5.41) is 154. The molecule has 0 bridgehead atoms. The van der Waals surface area contributed by atoms with Gasteiger partial charge in [0.15, 0.2) is 25.2 Å². The number of hydrogen-bond donors (Lipinski definition) is 17. The standard InChI is InChI=1S/C12H22O11.C6H12O6.C5H10O5/c13-1-3-5(15)6(16)9(19)12(22-3)23-10-4(2-14)21-11(20)8(18)7(10)17;7-1-3(9)5(11)6(12)4(10)2-8;6-1-3(8)5(10)4(9)2-7/h3-20H,1-2H2;1,3-6,8-12H,2H2;1,3-5,7-10H,2H2/t3-,4-,5-,6+,7-,8-,9-,10-,11-,12+;3-,4+,5+,6+;3-,4+,5+/m100/s1. The lowest BCUT2D eigenvalue weighted by atomic mass is 9.97. The molecule has 2 rings (SSSR count). The van der Waals surface area contributed by atoms with E-state index < -0.39 is 131 Å². The lowest BCUT2D eigenvalue weighted by Gasteiger charge is -2.45. The minimum Gasteiger partial charge on any atom is -0.394 e. The molecular formula is C23H44O22. The van der Waals surface area contributed by atoms with Crippen LogP contribution < -0.4 is 0 Å². The fourth-order valence-corrected chi connectivity index (χ4v) is 3.60. The second kappa shape index (κ2) is 21.4. The summed E-state index contributed by atoms with van der Waals surface area (Å²) in [6, 6.07) is 0. The van der Waals surface area contributed by atoms with Gasteiger partial charge in [-0.1, -0.05) is 0 Å². The van der Waals surface area contributed by atoms with Gasteiger partial charge in [0, 0.05) is 0 Å². The van der Waals surface area contributed by atoms with Gasteiger partial charge >= 0.3 is 0 Å². The normalized spacial score (nSPS) is 36.4. The number of ether oxygens (including phenoxy) is 3. The lowest BCUT2D eigenvalue weighted by molar-refractivity contribution is -0.355. The molecule has 0 radical (unpaired) electrons. The number of aldehydes is 2. The average Bonchev–Trinajstić information content (AvgIpc) is 3.06. The van der Waals surface area contributed by atoms with Gasteiger partial charge in [-0.3, -0.25) is 0 Å². The molecule has 0 aliphatic carbocycles. The Morgan fingerprint density at radius 1 is 0.556 bits per heavy atom. The quantitative estimate of drug-likeness (QED) is 0.0807. The molecule has 2 fully saturated rings. The molecule has 0 aromatic rings. The molecule has 2 saturated heterocycles. The van der Waals surface area contributed by atoms with Crippen molar-refractivity contribution in [2.24, 2.45) is 0 Å². The summed E-state index contributed by atoms with van der Waals surface area (Å²) >= 11 is 0. The highest BCUT2D eigenvalue weighted by molar-refractivity contribution is 5.57. The third-order valence-electron chi connectivity index (χ3n) is 6.47. The Kier molecular flexibility index (Phi) is 20.7. The van der Waals surface area contributed by atoms with Crippen molar-refractivity contribution < 1.29 is 111 Å². The molecule has 0 unspecified atom stereocenters. The minimum atomic E-state index is -1.79. The van der Waals surface area contributed by atoms with Crippen LogP contribution in [-0.2, 0) is 23.8 Å². The highest BCUT2D eigenvalue weighted by atomic mass is 16.7. The highest BCUT2D eigenvalue weighted by Gasteiger charge is 2.50. The van der Waals surface area contributed by atoms with E-state index in [1.165, 1.54) is 0 Å². The van der Waals surface area contributed by atoms with Crippen LogP contribution in [0.3, 0.4) is 0 Å². The van der Waals surface area contributed by atoms with Crippen LogP contribution in [0, 0.1) is 0 Å². The number of rotatable bonds is 13. The SMILES string of the molecule is O=C[C@H](O)[C@@H](O)[C@H](O)CO.O=C[C@H](O)[C@@H](O)[C@H](O)[C@H](O)CO.OC[C@H]1O[C@@H](O[C@H]2[C@H](O)[C@@H](O)[C@H](O)O[C@@H]2CO)[C@H](O)[C@@H](O)[C@@H]1O. The molecule has 22 heteroatoms. The minimum absolute atomic E-state index is 0.0258. The molecule has 2 heterocycles. The van der Waals surface area contributed by atoms with Crippen molar-refractivity contribution in [3.8, 4) is 0 Å². The zero-order chi connectivity index (χ0) is 35.2. The van der Waals surface area contributed by atoms with Gasteiger partial charge in [-0.2, -0.15) is 0 Å². The fourth-order valence-electron chi connectivity index (χ4n) is 3.60. The van der Waals surface area contributed by atoms with Crippen LogP contribution in [0.25, 0.3) is 0 Å². The van der Waals surface area contributed by atoms with Crippen LogP contribution in [0.15, 0.2) is 0 Å². The van der Waals surface area contributed by atoms with Gasteiger partial charge in [-0.25, -0.2) is 0 Å². The molecule has 0 aromatic heterocycles. The van der Waals surface area contributed by atoms with Crippen LogP contribution in [0.5, 0.6) is 0 Å². The maximum Gasteiger partial charge on any atom is 0.187 e. The summed E-state index contributed by atoms with van der Waals surface area (Å²) < 4.78 is 15.3. The Morgan fingerprint density at radius 2 is 1.02 bits per heavy atom. The van der Waals surface area contributed by atoms with Gasteiger partial charge < -0.3 is 111 Å². The maximum absolute atomic E-state index is 9.94. The maximum atomic E-state index is 9.94. The molecule has 17 N–H and O–H groups in total. The van der Waals surface area contributed by atoms with Gasteiger partial charge in [-0.15, -0.1) is 0 Å². The summed E-state index contributed by atoms with van der Waals surface area (Å²) in [7, 11) is 0. The van der Waals surface area contributed by atoms with E-state index in [-0.39, 0.29) is 12.6 Å². The Balaban J connectivity index is 0.000000740. The molecule has 0 spiro atoms. The zero-order valence-corrected chi connectivity index (χ0v) is 23.4. The van der Waals surface area contributed by atoms with E-state index in [0.717, 1.165) is 0 Å². The number of carbonyl (C=O) groups is 2. The third kappa shape index (κ3) is 12.6. The Bertz CT molecular complexity index is 805. The summed E-state index contributed by atoms with van der Waals surface area (Å²) in [5.41, 5.74) is 0. The first-order valence-corrected chi connectivity index (χ1v) is 13.1. The lowest BCUT2D eigenvalue weighted by Crippen LogP contribution is -2.64. The van der Waals surface area contributed by atoms with Crippen LogP contribution in [0.4, 0.5) is 0 Å². The van der Waals surface area contributed by atoms with Crippen molar-refractivity contribution in [2.45, 2.75) is 104 Å². The second-order valence-corrected chi connectivity index (χ2v) is 9.75. The van der Waals surface area contributed by atoms with Crippen molar-refractivity contribution >= 4 is 12.6 Å². The molecule has 0 saturated carbocycles. The van der Waals surface area contributed by atoms with Crippen molar-refractivity contribution in [3.63, 3.8) is 0 Å². The smallest absolute Gasteiger partial charge is 0.187 e. The van der Waals surface area contributed by atoms with Crippen molar-refractivity contribution in [3.05, 3.63) is 0 Å². The van der Waals surface area contributed by atoms with E-state index in [4.69, 9.17) is 65.3 Å². The first-order valence-electron chi connectivity index (χ1n) is 13.1. The summed E-state index contributed by atoms with van der Waals surface area (Å²) in [6.07, 6.45) is -27.0. The van der Waals surface area contributed by atoms with Gasteiger partial charge in [0.05, 0.1) is 26.4 Å². The highest BCUT2D eigenvalue weighted by Crippen LogP contribution is 2.28. The van der Waals surface area contributed by atoms with E-state index in [1.807, 2.05) is 0 Å². The summed E-state index contributed by atoms with van der Waals surface area (Å²) in [5.74, 6) is 0. The topological polar surface area (TPSA) is 406 Å². The zero-order valence-electron chi connectivity index (χ0n) is 23.4. The predicted octanol–water partition coefficient (Wildman–Crippen LogP) is -11.5. The summed E-state index contributed by atoms with van der Waals surface area (Å²) in [4.78, 5) is 19.7. The Labute approximate surface area is 254 Å². The predicted molar refractivity (Wildman–Crippen MR) is 137 cm³/mol. The van der Waals surface area contributed by atoms with Crippen LogP contribution >= 0.6 is 0 Å². The molecule has 0 amide bonds. The number of aliphatic hydroxyl groups is 17. The van der Waals surface area contributed by atoms with E-state index in [9.17, 15) is 45.3 Å². The van der Waals surface area contributed by atoms with E-state index >= 15 is 0 Å². The molecule has 17 atom stereocenters. The van der Waals surface area contributed by atoms with Gasteiger partial charge in [0.1, 0.15) is 91.6 Å². The molecule has 2 aliphatic heterocycles. The molecular weight excluding hydrogens is 628 g/mol.